The quantitative estimate of drug-likeness (QED) is 0.482. The zero-order valence-corrected chi connectivity index (χ0v) is 7.42. The highest BCUT2D eigenvalue weighted by molar-refractivity contribution is 5.75. The Kier molecular flexibility index (Phi) is 5.03. The van der Waals surface area contributed by atoms with E-state index in [1.807, 2.05) is 0 Å². The SMILES string of the molecule is CCC(ONC(C)=O)C(=O)OC. The zero-order valence-electron chi connectivity index (χ0n) is 7.42. The summed E-state index contributed by atoms with van der Waals surface area (Å²) in [5.74, 6) is -0.844. The first-order chi connectivity index (χ1) is 5.61. The first kappa shape index (κ1) is 10.9. The van der Waals surface area contributed by atoms with Crippen LogP contribution in [0, 0.1) is 0 Å². The maximum Gasteiger partial charge on any atom is 0.337 e. The summed E-state index contributed by atoms with van der Waals surface area (Å²) in [6.45, 7) is 3.05. The van der Waals surface area contributed by atoms with E-state index < -0.39 is 12.1 Å². The molecular weight excluding hydrogens is 162 g/mol. The molecule has 0 aromatic heterocycles. The van der Waals surface area contributed by atoms with Gasteiger partial charge in [-0.25, -0.2) is 10.3 Å². The van der Waals surface area contributed by atoms with Gasteiger partial charge in [-0.3, -0.25) is 9.63 Å². The number of esters is 1. The van der Waals surface area contributed by atoms with E-state index in [1.165, 1.54) is 14.0 Å². The molecule has 0 heterocycles. The van der Waals surface area contributed by atoms with Crippen molar-refractivity contribution in [3.8, 4) is 0 Å². The van der Waals surface area contributed by atoms with Gasteiger partial charge in [0.05, 0.1) is 7.11 Å². The number of nitrogens with one attached hydrogen (secondary N) is 1. The number of ether oxygens (including phenoxy) is 1. The van der Waals surface area contributed by atoms with Crippen LogP contribution in [0.25, 0.3) is 0 Å². The van der Waals surface area contributed by atoms with Gasteiger partial charge in [-0.2, -0.15) is 0 Å². The van der Waals surface area contributed by atoms with Gasteiger partial charge in [0.2, 0.25) is 5.91 Å². The Bertz CT molecular complexity index is 169. The highest BCUT2D eigenvalue weighted by Crippen LogP contribution is 1.97. The molecule has 5 heteroatoms. The minimum Gasteiger partial charge on any atom is -0.467 e. The molecule has 0 saturated heterocycles. The highest BCUT2D eigenvalue weighted by atomic mass is 16.7. The number of rotatable bonds is 4. The van der Waals surface area contributed by atoms with E-state index in [4.69, 9.17) is 4.84 Å². The number of methoxy groups -OCH3 is 1. The fourth-order valence-electron chi connectivity index (χ4n) is 0.584. The van der Waals surface area contributed by atoms with Crippen LogP contribution in [0.4, 0.5) is 0 Å². The average molecular weight is 175 g/mol. The molecule has 1 unspecified atom stereocenters. The lowest BCUT2D eigenvalue weighted by Crippen LogP contribution is -2.33. The minimum atomic E-state index is -0.723. The van der Waals surface area contributed by atoms with Crippen molar-refractivity contribution >= 4 is 11.9 Å². The van der Waals surface area contributed by atoms with Crippen LogP contribution < -0.4 is 5.48 Å². The van der Waals surface area contributed by atoms with E-state index in [0.29, 0.717) is 6.42 Å². The Labute approximate surface area is 71.0 Å². The van der Waals surface area contributed by atoms with Crippen LogP contribution in [0.2, 0.25) is 0 Å². The molecule has 0 saturated carbocycles. The van der Waals surface area contributed by atoms with Crippen LogP contribution in [0.5, 0.6) is 0 Å². The Hall–Kier alpha value is -1.10. The fraction of sp³-hybridized carbons (Fsp3) is 0.714. The summed E-state index contributed by atoms with van der Waals surface area (Å²) in [5, 5.41) is 0. The van der Waals surface area contributed by atoms with Gasteiger partial charge < -0.3 is 4.74 Å². The molecule has 1 N–H and O–H groups in total. The molecule has 0 rings (SSSR count). The smallest absolute Gasteiger partial charge is 0.337 e. The monoisotopic (exact) mass is 175 g/mol. The van der Waals surface area contributed by atoms with Gasteiger partial charge in [0.1, 0.15) is 0 Å². The molecule has 0 bridgehead atoms. The number of amides is 1. The number of hydroxylamine groups is 1. The molecule has 5 nitrogen and oxygen atoms in total. The topological polar surface area (TPSA) is 64.6 Å². The fourth-order valence-corrected chi connectivity index (χ4v) is 0.584. The highest BCUT2D eigenvalue weighted by Gasteiger charge is 2.18. The second-order valence-corrected chi connectivity index (χ2v) is 2.20. The van der Waals surface area contributed by atoms with E-state index in [2.05, 4.69) is 10.2 Å². The first-order valence-electron chi connectivity index (χ1n) is 3.61. The minimum absolute atomic E-state index is 0.350. The lowest BCUT2D eigenvalue weighted by molar-refractivity contribution is -0.163. The Balaban J connectivity index is 3.83. The Morgan fingerprint density at radius 2 is 2.08 bits per heavy atom. The second kappa shape index (κ2) is 5.54. The van der Waals surface area contributed by atoms with Crippen molar-refractivity contribution in [2.45, 2.75) is 26.4 Å². The molecule has 0 aromatic rings. The number of carbonyl (C=O) groups excluding carboxylic acids is 2. The summed E-state index contributed by atoms with van der Waals surface area (Å²) < 4.78 is 4.42. The summed E-state index contributed by atoms with van der Waals surface area (Å²) in [5.41, 5.74) is 2.07. The molecule has 12 heavy (non-hydrogen) atoms. The van der Waals surface area contributed by atoms with Crippen LogP contribution in [0.3, 0.4) is 0 Å². The van der Waals surface area contributed by atoms with Gasteiger partial charge >= 0.3 is 5.97 Å². The van der Waals surface area contributed by atoms with Crippen LogP contribution in [-0.4, -0.2) is 25.1 Å². The van der Waals surface area contributed by atoms with Crippen LogP contribution >= 0.6 is 0 Å². The van der Waals surface area contributed by atoms with Crippen molar-refractivity contribution < 1.29 is 19.2 Å². The first-order valence-corrected chi connectivity index (χ1v) is 3.61. The van der Waals surface area contributed by atoms with Crippen molar-refractivity contribution in [1.29, 1.82) is 0 Å². The van der Waals surface area contributed by atoms with E-state index >= 15 is 0 Å². The molecule has 1 atom stereocenters. The predicted molar refractivity (Wildman–Crippen MR) is 41.0 cm³/mol. The van der Waals surface area contributed by atoms with Crippen LogP contribution in [0.15, 0.2) is 0 Å². The Morgan fingerprint density at radius 3 is 2.42 bits per heavy atom. The zero-order chi connectivity index (χ0) is 9.56. The van der Waals surface area contributed by atoms with Crippen molar-refractivity contribution in [1.82, 2.24) is 5.48 Å². The standard InChI is InChI=1S/C7H13NO4/c1-4-6(7(10)11-3)12-8-5(2)9/h6H,4H2,1-3H3,(H,8,9). The number of hydrogen-bond acceptors (Lipinski definition) is 4. The summed E-state index contributed by atoms with van der Waals surface area (Å²) in [6, 6.07) is 0. The summed E-state index contributed by atoms with van der Waals surface area (Å²) in [7, 11) is 1.27. The van der Waals surface area contributed by atoms with E-state index in [0.717, 1.165) is 0 Å². The average Bonchev–Trinajstić information content (AvgIpc) is 2.04. The summed E-state index contributed by atoms with van der Waals surface area (Å²) in [4.78, 5) is 26.0. The lowest BCUT2D eigenvalue weighted by atomic mass is 10.3. The van der Waals surface area contributed by atoms with Gasteiger partial charge in [-0.1, -0.05) is 6.92 Å². The van der Waals surface area contributed by atoms with Crippen molar-refractivity contribution in [3.05, 3.63) is 0 Å². The molecule has 0 radical (unpaired) electrons. The molecule has 0 aromatic carbocycles. The molecule has 0 aliphatic carbocycles. The normalized spacial score (nSPS) is 11.9. The van der Waals surface area contributed by atoms with Crippen LogP contribution in [0.1, 0.15) is 20.3 Å². The number of carbonyl (C=O) groups is 2. The largest absolute Gasteiger partial charge is 0.467 e. The molecule has 70 valence electrons. The van der Waals surface area contributed by atoms with Crippen molar-refractivity contribution in [3.63, 3.8) is 0 Å². The number of hydrogen-bond donors (Lipinski definition) is 1. The molecule has 1 amide bonds. The van der Waals surface area contributed by atoms with Gasteiger partial charge in [-0.15, -0.1) is 0 Å². The third-order valence-electron chi connectivity index (χ3n) is 1.18. The van der Waals surface area contributed by atoms with Gasteiger partial charge in [0, 0.05) is 6.92 Å². The lowest BCUT2D eigenvalue weighted by Gasteiger charge is -2.12. The van der Waals surface area contributed by atoms with Crippen molar-refractivity contribution in [2.24, 2.45) is 0 Å². The van der Waals surface area contributed by atoms with Crippen molar-refractivity contribution in [2.75, 3.05) is 7.11 Å². The summed E-state index contributed by atoms with van der Waals surface area (Å²) >= 11 is 0. The Morgan fingerprint density at radius 1 is 1.50 bits per heavy atom. The maximum absolute atomic E-state index is 10.9. The summed E-state index contributed by atoms with van der Waals surface area (Å²) in [6.07, 6.45) is -0.272. The third kappa shape index (κ3) is 3.92. The van der Waals surface area contributed by atoms with Gasteiger partial charge in [0.25, 0.3) is 0 Å². The van der Waals surface area contributed by atoms with E-state index in [9.17, 15) is 9.59 Å². The van der Waals surface area contributed by atoms with Gasteiger partial charge in [0.15, 0.2) is 6.10 Å². The predicted octanol–water partition coefficient (Wildman–Crippen LogP) is 0.00570. The molecular formula is C7H13NO4. The van der Waals surface area contributed by atoms with Gasteiger partial charge in [-0.05, 0) is 6.42 Å². The molecule has 0 fully saturated rings. The molecule has 0 aliphatic rings. The molecule has 0 aliphatic heterocycles. The van der Waals surface area contributed by atoms with Crippen LogP contribution in [-0.2, 0) is 19.2 Å². The van der Waals surface area contributed by atoms with E-state index in [-0.39, 0.29) is 5.91 Å². The maximum atomic E-state index is 10.9. The second-order valence-electron chi connectivity index (χ2n) is 2.20. The third-order valence-corrected chi connectivity index (χ3v) is 1.18. The molecule has 0 spiro atoms. The van der Waals surface area contributed by atoms with E-state index in [1.54, 1.807) is 6.92 Å².